The number of amides is 2. The Morgan fingerprint density at radius 3 is 2.79 bits per heavy atom. The summed E-state index contributed by atoms with van der Waals surface area (Å²) in [5.74, 6) is 0.924. The van der Waals surface area contributed by atoms with Crippen LogP contribution in [0.15, 0.2) is 27.3 Å². The number of furan rings is 1. The van der Waals surface area contributed by atoms with Crippen LogP contribution in [-0.2, 0) is 16.0 Å². The highest BCUT2D eigenvalue weighted by Gasteiger charge is 2.18. The molecular formula is C16H22N4O4. The van der Waals surface area contributed by atoms with Crippen LogP contribution < -0.4 is 5.32 Å². The molecular weight excluding hydrogens is 312 g/mol. The van der Waals surface area contributed by atoms with Gasteiger partial charge in [-0.3, -0.25) is 9.59 Å². The van der Waals surface area contributed by atoms with Gasteiger partial charge in [0.25, 0.3) is 0 Å². The molecule has 0 unspecified atom stereocenters. The lowest BCUT2D eigenvalue weighted by atomic mass is 10.2. The maximum Gasteiger partial charge on any atom is 0.239 e. The SMILES string of the molecule is CCN(CC(=O)NC(C)C)C(=O)CCc1nc(-c2ccco2)no1. The number of hydrogen-bond donors (Lipinski definition) is 1. The van der Waals surface area contributed by atoms with Crippen LogP contribution in [0.5, 0.6) is 0 Å². The van der Waals surface area contributed by atoms with Gasteiger partial charge in [-0.25, -0.2) is 0 Å². The number of likely N-dealkylation sites (N-methyl/N-ethyl adjacent to an activating group) is 1. The summed E-state index contributed by atoms with van der Waals surface area (Å²) in [5, 5.41) is 6.58. The maximum absolute atomic E-state index is 12.2. The highest BCUT2D eigenvalue weighted by atomic mass is 16.5. The lowest BCUT2D eigenvalue weighted by Crippen LogP contribution is -2.42. The molecule has 0 aliphatic heterocycles. The third-order valence-electron chi connectivity index (χ3n) is 3.28. The molecule has 8 heteroatoms. The molecule has 0 bridgehead atoms. The Bertz CT molecular complexity index is 663. The van der Waals surface area contributed by atoms with Crippen molar-refractivity contribution in [2.75, 3.05) is 13.1 Å². The molecule has 24 heavy (non-hydrogen) atoms. The zero-order chi connectivity index (χ0) is 17.5. The molecule has 2 aromatic heterocycles. The van der Waals surface area contributed by atoms with E-state index in [1.54, 1.807) is 12.1 Å². The van der Waals surface area contributed by atoms with Gasteiger partial charge in [0.15, 0.2) is 5.76 Å². The van der Waals surface area contributed by atoms with E-state index in [0.29, 0.717) is 30.4 Å². The molecule has 2 rings (SSSR count). The second-order valence-electron chi connectivity index (χ2n) is 5.62. The van der Waals surface area contributed by atoms with Crippen LogP contribution >= 0.6 is 0 Å². The lowest BCUT2D eigenvalue weighted by Gasteiger charge is -2.20. The van der Waals surface area contributed by atoms with E-state index in [9.17, 15) is 9.59 Å². The van der Waals surface area contributed by atoms with Gasteiger partial charge in [0.2, 0.25) is 23.5 Å². The number of hydrogen-bond acceptors (Lipinski definition) is 6. The van der Waals surface area contributed by atoms with Crippen molar-refractivity contribution in [3.63, 3.8) is 0 Å². The van der Waals surface area contributed by atoms with Crippen LogP contribution in [0.2, 0.25) is 0 Å². The van der Waals surface area contributed by atoms with E-state index in [1.165, 1.54) is 11.2 Å². The zero-order valence-electron chi connectivity index (χ0n) is 14.1. The van der Waals surface area contributed by atoms with Gasteiger partial charge in [0, 0.05) is 25.4 Å². The molecule has 0 atom stereocenters. The summed E-state index contributed by atoms with van der Waals surface area (Å²) in [5.41, 5.74) is 0. The standard InChI is InChI=1S/C16H22N4O4/c1-4-20(10-13(21)17-11(2)3)15(22)8-7-14-18-16(19-24-14)12-6-5-9-23-12/h5-6,9,11H,4,7-8,10H2,1-3H3,(H,17,21). The van der Waals surface area contributed by atoms with Crippen molar-refractivity contribution in [3.8, 4) is 11.6 Å². The summed E-state index contributed by atoms with van der Waals surface area (Å²) < 4.78 is 10.3. The summed E-state index contributed by atoms with van der Waals surface area (Å²) in [7, 11) is 0. The van der Waals surface area contributed by atoms with Crippen LogP contribution in [0, 0.1) is 0 Å². The average molecular weight is 334 g/mol. The molecule has 130 valence electrons. The van der Waals surface area contributed by atoms with Gasteiger partial charge in [-0.15, -0.1) is 0 Å². The first-order valence-corrected chi connectivity index (χ1v) is 7.93. The van der Waals surface area contributed by atoms with E-state index < -0.39 is 0 Å². The fourth-order valence-corrected chi connectivity index (χ4v) is 2.15. The van der Waals surface area contributed by atoms with Gasteiger partial charge < -0.3 is 19.2 Å². The first-order chi connectivity index (χ1) is 11.5. The van der Waals surface area contributed by atoms with Gasteiger partial charge >= 0.3 is 0 Å². The van der Waals surface area contributed by atoms with Gasteiger partial charge in [-0.2, -0.15) is 4.98 Å². The number of carbonyl (C=O) groups excluding carboxylic acids is 2. The van der Waals surface area contributed by atoms with Crippen LogP contribution in [0.1, 0.15) is 33.1 Å². The van der Waals surface area contributed by atoms with E-state index >= 15 is 0 Å². The van der Waals surface area contributed by atoms with Crippen molar-refractivity contribution >= 4 is 11.8 Å². The fraction of sp³-hybridized carbons (Fsp3) is 0.500. The molecule has 0 saturated carbocycles. The Hall–Kier alpha value is -2.64. The lowest BCUT2D eigenvalue weighted by molar-refractivity contribution is -0.136. The van der Waals surface area contributed by atoms with Crippen LogP contribution in [0.4, 0.5) is 0 Å². The second kappa shape index (κ2) is 8.28. The number of aromatic nitrogens is 2. The molecule has 0 radical (unpaired) electrons. The van der Waals surface area contributed by atoms with E-state index in [-0.39, 0.29) is 30.8 Å². The van der Waals surface area contributed by atoms with Gasteiger partial charge in [-0.05, 0) is 32.9 Å². The summed E-state index contributed by atoms with van der Waals surface area (Å²) >= 11 is 0. The third kappa shape index (κ3) is 4.94. The predicted molar refractivity (Wildman–Crippen MR) is 85.9 cm³/mol. The van der Waals surface area contributed by atoms with Crippen molar-refractivity contribution in [1.82, 2.24) is 20.4 Å². The molecule has 0 aliphatic carbocycles. The van der Waals surface area contributed by atoms with Crippen molar-refractivity contribution in [1.29, 1.82) is 0 Å². The molecule has 2 amide bonds. The average Bonchev–Trinajstić information content (AvgIpc) is 3.20. The number of nitrogens with one attached hydrogen (secondary N) is 1. The van der Waals surface area contributed by atoms with Gasteiger partial charge in [0.05, 0.1) is 12.8 Å². The Labute approximate surface area is 140 Å². The predicted octanol–water partition coefficient (Wildman–Crippen LogP) is 1.64. The number of rotatable bonds is 8. The summed E-state index contributed by atoms with van der Waals surface area (Å²) in [6.07, 6.45) is 2.04. The van der Waals surface area contributed by atoms with E-state index in [2.05, 4.69) is 15.5 Å². The molecule has 0 fully saturated rings. The largest absolute Gasteiger partial charge is 0.461 e. The fourth-order valence-electron chi connectivity index (χ4n) is 2.15. The highest BCUT2D eigenvalue weighted by Crippen LogP contribution is 2.16. The van der Waals surface area contributed by atoms with Crippen molar-refractivity contribution in [2.45, 2.75) is 39.7 Å². The number of aryl methyl sites for hydroxylation is 1. The summed E-state index contributed by atoms with van der Waals surface area (Å²) in [4.78, 5) is 29.7. The van der Waals surface area contributed by atoms with Crippen molar-refractivity contribution in [3.05, 3.63) is 24.3 Å². The molecule has 0 spiro atoms. The minimum Gasteiger partial charge on any atom is -0.461 e. The third-order valence-corrected chi connectivity index (χ3v) is 3.28. The monoisotopic (exact) mass is 334 g/mol. The number of nitrogens with zero attached hydrogens (tertiary/aromatic N) is 3. The van der Waals surface area contributed by atoms with Crippen LogP contribution in [-0.4, -0.2) is 46.0 Å². The van der Waals surface area contributed by atoms with E-state index in [1.807, 2.05) is 20.8 Å². The van der Waals surface area contributed by atoms with E-state index in [0.717, 1.165) is 0 Å². The maximum atomic E-state index is 12.2. The molecule has 0 aliphatic rings. The summed E-state index contributed by atoms with van der Waals surface area (Å²) in [6, 6.07) is 3.51. The van der Waals surface area contributed by atoms with Gasteiger partial charge in [0.1, 0.15) is 0 Å². The van der Waals surface area contributed by atoms with Gasteiger partial charge in [-0.1, -0.05) is 5.16 Å². The number of carbonyl (C=O) groups is 2. The Kier molecular flexibility index (Phi) is 6.11. The highest BCUT2D eigenvalue weighted by molar-refractivity contribution is 5.84. The first-order valence-electron chi connectivity index (χ1n) is 7.93. The minimum atomic E-state index is -0.168. The Morgan fingerprint density at radius 1 is 1.38 bits per heavy atom. The Balaban J connectivity index is 1.86. The smallest absolute Gasteiger partial charge is 0.239 e. The normalized spacial score (nSPS) is 10.8. The van der Waals surface area contributed by atoms with Crippen LogP contribution in [0.3, 0.4) is 0 Å². The Morgan fingerprint density at radius 2 is 2.17 bits per heavy atom. The van der Waals surface area contributed by atoms with Crippen molar-refractivity contribution in [2.24, 2.45) is 0 Å². The topological polar surface area (TPSA) is 101 Å². The van der Waals surface area contributed by atoms with Crippen LogP contribution in [0.25, 0.3) is 11.6 Å². The molecule has 2 heterocycles. The quantitative estimate of drug-likeness (QED) is 0.787. The summed E-state index contributed by atoms with van der Waals surface area (Å²) in [6.45, 7) is 6.10. The van der Waals surface area contributed by atoms with Crippen molar-refractivity contribution < 1.29 is 18.5 Å². The molecule has 2 aromatic rings. The molecule has 0 saturated heterocycles. The molecule has 8 nitrogen and oxygen atoms in total. The van der Waals surface area contributed by atoms with E-state index in [4.69, 9.17) is 8.94 Å². The molecule has 1 N–H and O–H groups in total. The minimum absolute atomic E-state index is 0.0460. The molecule has 0 aromatic carbocycles. The second-order valence-corrected chi connectivity index (χ2v) is 5.62. The zero-order valence-corrected chi connectivity index (χ0v) is 14.1. The first kappa shape index (κ1) is 17.7.